The molecular formula is C15H9Cl2FN2O2. The van der Waals surface area contributed by atoms with Gasteiger partial charge in [-0.2, -0.15) is 4.98 Å². The highest BCUT2D eigenvalue weighted by atomic mass is 35.5. The number of aromatic nitrogens is 2. The van der Waals surface area contributed by atoms with E-state index in [4.69, 9.17) is 32.5 Å². The summed E-state index contributed by atoms with van der Waals surface area (Å²) < 4.78 is 23.9. The third-order valence-corrected chi connectivity index (χ3v) is 3.37. The summed E-state index contributed by atoms with van der Waals surface area (Å²) in [4.78, 5) is 4.16. The van der Waals surface area contributed by atoms with Crippen LogP contribution in [0.25, 0.3) is 11.5 Å². The van der Waals surface area contributed by atoms with Crippen molar-refractivity contribution in [2.45, 2.75) is 6.61 Å². The van der Waals surface area contributed by atoms with Crippen LogP contribution in [0.2, 0.25) is 10.0 Å². The molecule has 0 bridgehead atoms. The Morgan fingerprint density at radius 3 is 2.73 bits per heavy atom. The highest BCUT2D eigenvalue weighted by Crippen LogP contribution is 2.29. The van der Waals surface area contributed by atoms with Crippen molar-refractivity contribution in [1.82, 2.24) is 10.1 Å². The minimum Gasteiger partial charge on any atom is -0.482 e. The Bertz CT molecular complexity index is 808. The van der Waals surface area contributed by atoms with Crippen molar-refractivity contribution < 1.29 is 13.7 Å². The van der Waals surface area contributed by atoms with Crippen LogP contribution in [-0.2, 0) is 6.61 Å². The van der Waals surface area contributed by atoms with E-state index in [9.17, 15) is 4.39 Å². The number of para-hydroxylation sites is 1. The maximum atomic E-state index is 13.4. The molecule has 0 unspecified atom stereocenters. The van der Waals surface area contributed by atoms with Gasteiger partial charge in [-0.1, -0.05) is 40.5 Å². The Morgan fingerprint density at radius 2 is 1.95 bits per heavy atom. The normalized spacial score (nSPS) is 10.7. The van der Waals surface area contributed by atoms with Crippen LogP contribution in [-0.4, -0.2) is 10.1 Å². The van der Waals surface area contributed by atoms with Gasteiger partial charge in [0, 0.05) is 5.02 Å². The summed E-state index contributed by atoms with van der Waals surface area (Å²) in [5.41, 5.74) is 0.565. The maximum Gasteiger partial charge on any atom is 0.259 e. The molecule has 0 radical (unpaired) electrons. The van der Waals surface area contributed by atoms with E-state index >= 15 is 0 Å². The molecule has 0 spiro atoms. The average molecular weight is 339 g/mol. The molecule has 0 amide bonds. The summed E-state index contributed by atoms with van der Waals surface area (Å²) in [6.07, 6.45) is 0. The predicted molar refractivity (Wildman–Crippen MR) is 80.5 cm³/mol. The molecule has 1 aromatic heterocycles. The Labute approximate surface area is 135 Å². The fraction of sp³-hybridized carbons (Fsp3) is 0.0667. The standard InChI is InChI=1S/C15H9Cl2FN2O2/c16-9-5-6-10(11(17)7-9)15-19-14(20-22-15)8-21-13-4-2-1-3-12(13)18/h1-7H,8H2. The van der Waals surface area contributed by atoms with Crippen LogP contribution in [0.5, 0.6) is 5.75 Å². The van der Waals surface area contributed by atoms with Crippen LogP contribution in [0.4, 0.5) is 4.39 Å². The quantitative estimate of drug-likeness (QED) is 0.687. The molecule has 4 nitrogen and oxygen atoms in total. The summed E-state index contributed by atoms with van der Waals surface area (Å²) in [7, 11) is 0. The molecular weight excluding hydrogens is 330 g/mol. The Balaban J connectivity index is 1.75. The van der Waals surface area contributed by atoms with Crippen molar-refractivity contribution >= 4 is 23.2 Å². The van der Waals surface area contributed by atoms with Crippen molar-refractivity contribution in [2.75, 3.05) is 0 Å². The number of rotatable bonds is 4. The number of nitrogens with zero attached hydrogens (tertiary/aromatic N) is 2. The van der Waals surface area contributed by atoms with Gasteiger partial charge in [0.1, 0.15) is 0 Å². The van der Waals surface area contributed by atoms with Crippen molar-refractivity contribution in [2.24, 2.45) is 0 Å². The first-order chi connectivity index (χ1) is 10.6. The molecule has 22 heavy (non-hydrogen) atoms. The van der Waals surface area contributed by atoms with Crippen LogP contribution in [0, 0.1) is 5.82 Å². The third-order valence-electron chi connectivity index (χ3n) is 2.82. The molecule has 0 saturated carbocycles. The van der Waals surface area contributed by atoms with E-state index in [0.29, 0.717) is 15.6 Å². The van der Waals surface area contributed by atoms with E-state index in [1.807, 2.05) is 0 Å². The molecule has 1 heterocycles. The van der Waals surface area contributed by atoms with Crippen molar-refractivity contribution in [3.05, 3.63) is 64.2 Å². The van der Waals surface area contributed by atoms with Gasteiger partial charge in [0.05, 0.1) is 10.6 Å². The number of hydrogen-bond donors (Lipinski definition) is 0. The molecule has 0 aliphatic rings. The van der Waals surface area contributed by atoms with Crippen molar-refractivity contribution in [3.8, 4) is 17.2 Å². The second-order valence-corrected chi connectivity index (χ2v) is 5.20. The van der Waals surface area contributed by atoms with Gasteiger partial charge in [0.25, 0.3) is 5.89 Å². The third kappa shape index (κ3) is 3.21. The second kappa shape index (κ2) is 6.34. The van der Waals surface area contributed by atoms with E-state index in [0.717, 1.165) is 0 Å². The van der Waals surface area contributed by atoms with Crippen LogP contribution < -0.4 is 4.74 Å². The molecule has 0 N–H and O–H groups in total. The van der Waals surface area contributed by atoms with Crippen LogP contribution in [0.15, 0.2) is 47.0 Å². The lowest BCUT2D eigenvalue weighted by molar-refractivity contribution is 0.274. The molecule has 112 valence electrons. The summed E-state index contributed by atoms with van der Waals surface area (Å²) in [5, 5.41) is 4.69. The molecule has 0 fully saturated rings. The number of benzene rings is 2. The van der Waals surface area contributed by atoms with E-state index < -0.39 is 5.82 Å². The van der Waals surface area contributed by atoms with Gasteiger partial charge in [-0.25, -0.2) is 4.39 Å². The van der Waals surface area contributed by atoms with Crippen molar-refractivity contribution in [3.63, 3.8) is 0 Å². The Kier molecular flexibility index (Phi) is 4.27. The van der Waals surface area contributed by atoms with Gasteiger partial charge >= 0.3 is 0 Å². The highest BCUT2D eigenvalue weighted by Gasteiger charge is 2.13. The summed E-state index contributed by atoms with van der Waals surface area (Å²) in [6, 6.07) is 11.0. The van der Waals surface area contributed by atoms with Gasteiger partial charge in [0.2, 0.25) is 5.82 Å². The van der Waals surface area contributed by atoms with Gasteiger partial charge < -0.3 is 9.26 Å². The van der Waals surface area contributed by atoms with Gasteiger partial charge in [-0.3, -0.25) is 0 Å². The van der Waals surface area contributed by atoms with E-state index in [1.165, 1.54) is 12.1 Å². The fourth-order valence-electron chi connectivity index (χ4n) is 1.79. The van der Waals surface area contributed by atoms with E-state index in [2.05, 4.69) is 10.1 Å². The molecule has 2 aromatic carbocycles. The molecule has 0 saturated heterocycles. The monoisotopic (exact) mass is 338 g/mol. The first kappa shape index (κ1) is 14.8. The first-order valence-corrected chi connectivity index (χ1v) is 7.04. The fourth-order valence-corrected chi connectivity index (χ4v) is 2.28. The van der Waals surface area contributed by atoms with Gasteiger partial charge in [-0.05, 0) is 30.3 Å². The largest absolute Gasteiger partial charge is 0.482 e. The molecule has 0 atom stereocenters. The molecule has 0 aliphatic carbocycles. The molecule has 7 heteroatoms. The zero-order valence-corrected chi connectivity index (χ0v) is 12.6. The zero-order valence-electron chi connectivity index (χ0n) is 11.1. The minimum absolute atomic E-state index is 0.0182. The Hall–Kier alpha value is -2.11. The molecule has 0 aliphatic heterocycles. The number of hydrogen-bond acceptors (Lipinski definition) is 4. The zero-order chi connectivity index (χ0) is 15.5. The van der Waals surface area contributed by atoms with Gasteiger partial charge in [0.15, 0.2) is 18.2 Å². The summed E-state index contributed by atoms with van der Waals surface area (Å²) in [5.74, 6) is 0.198. The second-order valence-electron chi connectivity index (χ2n) is 4.36. The topological polar surface area (TPSA) is 48.2 Å². The molecule has 3 rings (SSSR count). The molecule has 3 aromatic rings. The number of halogens is 3. The lowest BCUT2D eigenvalue weighted by atomic mass is 10.2. The summed E-state index contributed by atoms with van der Waals surface area (Å²) >= 11 is 11.9. The Morgan fingerprint density at radius 1 is 1.14 bits per heavy atom. The van der Waals surface area contributed by atoms with Crippen LogP contribution >= 0.6 is 23.2 Å². The highest BCUT2D eigenvalue weighted by molar-refractivity contribution is 6.36. The van der Waals surface area contributed by atoms with Gasteiger partial charge in [-0.15, -0.1) is 0 Å². The summed E-state index contributed by atoms with van der Waals surface area (Å²) in [6.45, 7) is -0.0182. The van der Waals surface area contributed by atoms with Crippen LogP contribution in [0.3, 0.4) is 0 Å². The smallest absolute Gasteiger partial charge is 0.259 e. The van der Waals surface area contributed by atoms with E-state index in [-0.39, 0.29) is 24.1 Å². The lowest BCUT2D eigenvalue weighted by Crippen LogP contribution is -1.99. The lowest BCUT2D eigenvalue weighted by Gasteiger charge is -2.03. The number of ether oxygens (including phenoxy) is 1. The first-order valence-electron chi connectivity index (χ1n) is 6.29. The maximum absolute atomic E-state index is 13.4. The minimum atomic E-state index is -0.452. The average Bonchev–Trinajstić information content (AvgIpc) is 2.95. The SMILES string of the molecule is Fc1ccccc1OCc1noc(-c2ccc(Cl)cc2Cl)n1. The van der Waals surface area contributed by atoms with Crippen molar-refractivity contribution in [1.29, 1.82) is 0 Å². The van der Waals surface area contributed by atoms with Crippen LogP contribution in [0.1, 0.15) is 5.82 Å². The van der Waals surface area contributed by atoms with E-state index in [1.54, 1.807) is 30.3 Å². The predicted octanol–water partition coefficient (Wildman–Crippen LogP) is 4.76.